The minimum atomic E-state index is -0.0715. The molecule has 0 N–H and O–H groups in total. The Morgan fingerprint density at radius 1 is 1.32 bits per heavy atom. The summed E-state index contributed by atoms with van der Waals surface area (Å²) in [7, 11) is 0. The average Bonchev–Trinajstić information content (AvgIpc) is 3.30. The molecule has 0 fully saturated rings. The van der Waals surface area contributed by atoms with Crippen molar-refractivity contribution in [3.05, 3.63) is 76.0 Å². The van der Waals surface area contributed by atoms with Crippen LogP contribution in [0.1, 0.15) is 27.9 Å². The van der Waals surface area contributed by atoms with E-state index in [-0.39, 0.29) is 24.3 Å². The maximum Gasteiger partial charge on any atom is 0.243 e. The number of benzene rings is 1. The van der Waals surface area contributed by atoms with Gasteiger partial charge in [0.1, 0.15) is 12.6 Å². The zero-order valence-corrected chi connectivity index (χ0v) is 14.3. The summed E-state index contributed by atoms with van der Waals surface area (Å²) < 4.78 is 1.60. The molecule has 1 aliphatic rings. The number of carbonyl (C=O) groups excluding carboxylic acids is 1. The first-order chi connectivity index (χ1) is 12.3. The lowest BCUT2D eigenvalue weighted by Gasteiger charge is -2.36. The van der Waals surface area contributed by atoms with Crippen molar-refractivity contribution in [2.75, 3.05) is 6.54 Å². The quantitative estimate of drug-likeness (QED) is 0.731. The molecule has 124 valence electrons. The fourth-order valence-electron chi connectivity index (χ4n) is 3.37. The van der Waals surface area contributed by atoms with E-state index in [9.17, 15) is 4.79 Å². The van der Waals surface area contributed by atoms with E-state index in [1.54, 1.807) is 28.3 Å². The summed E-state index contributed by atoms with van der Waals surface area (Å²) in [5.41, 5.74) is 2.32. The van der Waals surface area contributed by atoms with Crippen molar-refractivity contribution in [3.8, 4) is 6.07 Å². The molecule has 3 aromatic rings. The summed E-state index contributed by atoms with van der Waals surface area (Å²) in [5.74, 6) is 0.262. The standard InChI is InChI=1S/C19H16N4OS/c20-12-17-21-8-10-22(17)13-18(24)23-9-6-16-15(7-11-25-16)19(23)14-4-2-1-3-5-14/h1-5,7-8,10-11,19H,6,9,13H2/t19-/m0/s1. The number of imidazole rings is 1. The van der Waals surface area contributed by atoms with Crippen molar-refractivity contribution in [1.29, 1.82) is 5.26 Å². The average molecular weight is 348 g/mol. The van der Waals surface area contributed by atoms with Gasteiger partial charge in [0.2, 0.25) is 11.7 Å². The Kier molecular flexibility index (Phi) is 4.08. The number of carbonyl (C=O) groups is 1. The highest BCUT2D eigenvalue weighted by Gasteiger charge is 2.32. The van der Waals surface area contributed by atoms with Crippen LogP contribution in [0, 0.1) is 11.3 Å². The number of rotatable bonds is 3. The van der Waals surface area contributed by atoms with Gasteiger partial charge >= 0.3 is 0 Å². The smallest absolute Gasteiger partial charge is 0.243 e. The molecular weight excluding hydrogens is 332 g/mol. The Labute approximate surface area is 149 Å². The third-order valence-electron chi connectivity index (χ3n) is 4.52. The van der Waals surface area contributed by atoms with Crippen LogP contribution in [0.5, 0.6) is 0 Å². The van der Waals surface area contributed by atoms with Gasteiger partial charge < -0.3 is 9.47 Å². The highest BCUT2D eigenvalue weighted by atomic mass is 32.1. The number of hydrogen-bond acceptors (Lipinski definition) is 4. The Bertz CT molecular complexity index is 938. The molecular formula is C19H16N4OS. The second-order valence-corrected chi connectivity index (χ2v) is 6.94. The van der Waals surface area contributed by atoms with Crippen LogP contribution in [0.15, 0.2) is 54.2 Å². The fourth-order valence-corrected chi connectivity index (χ4v) is 4.27. The van der Waals surface area contributed by atoms with Gasteiger partial charge in [0.25, 0.3) is 0 Å². The van der Waals surface area contributed by atoms with Crippen molar-refractivity contribution in [2.45, 2.75) is 19.0 Å². The molecule has 0 spiro atoms. The summed E-state index contributed by atoms with van der Waals surface area (Å²) in [5, 5.41) is 11.2. The largest absolute Gasteiger partial charge is 0.330 e. The lowest BCUT2D eigenvalue weighted by Crippen LogP contribution is -2.41. The van der Waals surface area contributed by atoms with Crippen LogP contribution >= 0.6 is 11.3 Å². The van der Waals surface area contributed by atoms with Crippen molar-refractivity contribution in [1.82, 2.24) is 14.5 Å². The Morgan fingerprint density at radius 2 is 2.16 bits per heavy atom. The zero-order valence-electron chi connectivity index (χ0n) is 13.5. The van der Waals surface area contributed by atoms with Crippen molar-refractivity contribution < 1.29 is 4.79 Å². The molecule has 1 aromatic carbocycles. The van der Waals surface area contributed by atoms with E-state index in [4.69, 9.17) is 5.26 Å². The van der Waals surface area contributed by atoms with Crippen LogP contribution < -0.4 is 0 Å². The number of nitrogens with zero attached hydrogens (tertiary/aromatic N) is 4. The fraction of sp³-hybridized carbons (Fsp3) is 0.211. The van der Waals surface area contributed by atoms with Gasteiger partial charge in [-0.3, -0.25) is 4.79 Å². The van der Waals surface area contributed by atoms with E-state index in [0.29, 0.717) is 6.54 Å². The minimum absolute atomic E-state index is 0.000188. The van der Waals surface area contributed by atoms with E-state index < -0.39 is 0 Å². The van der Waals surface area contributed by atoms with Crippen LogP contribution in [0.4, 0.5) is 0 Å². The molecule has 0 saturated heterocycles. The summed E-state index contributed by atoms with van der Waals surface area (Å²) in [6.45, 7) is 0.814. The normalized spacial score (nSPS) is 16.3. The second-order valence-electron chi connectivity index (χ2n) is 5.94. The Morgan fingerprint density at radius 3 is 2.96 bits per heavy atom. The number of fused-ring (bicyclic) bond motifs is 1. The van der Waals surface area contributed by atoms with E-state index >= 15 is 0 Å². The van der Waals surface area contributed by atoms with Gasteiger partial charge in [0, 0.05) is 23.8 Å². The van der Waals surface area contributed by atoms with Crippen LogP contribution in [-0.4, -0.2) is 26.9 Å². The van der Waals surface area contributed by atoms with Crippen LogP contribution in [-0.2, 0) is 17.8 Å². The first-order valence-corrected chi connectivity index (χ1v) is 8.98. The molecule has 2 aromatic heterocycles. The lowest BCUT2D eigenvalue weighted by molar-refractivity contribution is -0.133. The highest BCUT2D eigenvalue weighted by molar-refractivity contribution is 7.10. The van der Waals surface area contributed by atoms with Crippen molar-refractivity contribution in [3.63, 3.8) is 0 Å². The highest BCUT2D eigenvalue weighted by Crippen LogP contribution is 2.37. The molecule has 0 aliphatic carbocycles. The van der Waals surface area contributed by atoms with Gasteiger partial charge in [-0.15, -0.1) is 11.3 Å². The Hall–Kier alpha value is -2.91. The summed E-state index contributed by atoms with van der Waals surface area (Å²) in [6, 6.07) is 14.2. The van der Waals surface area contributed by atoms with Crippen LogP contribution in [0.25, 0.3) is 0 Å². The van der Waals surface area contributed by atoms with Crippen molar-refractivity contribution >= 4 is 17.2 Å². The molecule has 1 amide bonds. The molecule has 3 heterocycles. The number of amides is 1. The molecule has 0 saturated carbocycles. The topological polar surface area (TPSA) is 61.9 Å². The van der Waals surface area contributed by atoms with Gasteiger partial charge in [0.15, 0.2) is 0 Å². The number of aromatic nitrogens is 2. The number of thiophene rings is 1. The first kappa shape index (κ1) is 15.6. The maximum atomic E-state index is 13.0. The number of hydrogen-bond donors (Lipinski definition) is 0. The van der Waals surface area contributed by atoms with Gasteiger partial charge in [-0.1, -0.05) is 30.3 Å². The monoisotopic (exact) mass is 348 g/mol. The predicted octanol–water partition coefficient (Wildman–Crippen LogP) is 2.99. The van der Waals surface area contributed by atoms with Crippen LogP contribution in [0.2, 0.25) is 0 Å². The second kappa shape index (κ2) is 6.54. The lowest BCUT2D eigenvalue weighted by atomic mass is 9.93. The molecule has 5 nitrogen and oxygen atoms in total. The summed E-state index contributed by atoms with van der Waals surface area (Å²) >= 11 is 1.75. The molecule has 1 atom stereocenters. The minimum Gasteiger partial charge on any atom is -0.330 e. The van der Waals surface area contributed by atoms with E-state index in [0.717, 1.165) is 12.0 Å². The molecule has 1 aliphatic heterocycles. The Balaban J connectivity index is 1.68. The third kappa shape index (κ3) is 2.83. The number of nitriles is 1. The predicted molar refractivity (Wildman–Crippen MR) is 95.0 cm³/mol. The van der Waals surface area contributed by atoms with Crippen LogP contribution in [0.3, 0.4) is 0 Å². The van der Waals surface area contributed by atoms with Gasteiger partial charge in [-0.05, 0) is 29.0 Å². The van der Waals surface area contributed by atoms with E-state index in [2.05, 4.69) is 28.6 Å². The first-order valence-electron chi connectivity index (χ1n) is 8.10. The molecule has 25 heavy (non-hydrogen) atoms. The van der Waals surface area contributed by atoms with E-state index in [1.807, 2.05) is 29.2 Å². The summed E-state index contributed by atoms with van der Waals surface area (Å²) in [4.78, 5) is 20.3. The SMILES string of the molecule is N#Cc1nccn1CC(=O)N1CCc2sccc2[C@@H]1c1ccccc1. The molecule has 0 unspecified atom stereocenters. The molecule has 4 rings (SSSR count). The van der Waals surface area contributed by atoms with Crippen molar-refractivity contribution in [2.24, 2.45) is 0 Å². The van der Waals surface area contributed by atoms with Gasteiger partial charge in [-0.2, -0.15) is 5.26 Å². The maximum absolute atomic E-state index is 13.0. The van der Waals surface area contributed by atoms with Gasteiger partial charge in [0.05, 0.1) is 6.04 Å². The van der Waals surface area contributed by atoms with Gasteiger partial charge in [-0.25, -0.2) is 4.98 Å². The van der Waals surface area contributed by atoms with E-state index in [1.165, 1.54) is 10.4 Å². The summed E-state index contributed by atoms with van der Waals surface area (Å²) in [6.07, 6.45) is 4.10. The molecule has 0 radical (unpaired) electrons. The third-order valence-corrected chi connectivity index (χ3v) is 5.52. The molecule has 6 heteroatoms. The molecule has 0 bridgehead atoms. The zero-order chi connectivity index (χ0) is 17.2.